The Morgan fingerprint density at radius 1 is 1.13 bits per heavy atom. The van der Waals surface area contributed by atoms with Gasteiger partial charge in [0.25, 0.3) is 0 Å². The maximum atomic E-state index is 11.0. The fourth-order valence-electron chi connectivity index (χ4n) is 3.19. The van der Waals surface area contributed by atoms with Crippen LogP contribution in [0, 0.1) is 6.92 Å². The van der Waals surface area contributed by atoms with Crippen LogP contribution in [0.1, 0.15) is 36.1 Å². The molecule has 2 aromatic carbocycles. The number of carboxylic acids is 1. The number of aliphatic carboxylic acids is 1. The molecule has 0 fully saturated rings. The average Bonchev–Trinajstić information content (AvgIpc) is 2.73. The molecule has 3 aromatic rings. The highest BCUT2D eigenvalue weighted by Crippen LogP contribution is 2.31. The van der Waals surface area contributed by atoms with E-state index in [4.69, 9.17) is 26.2 Å². The van der Waals surface area contributed by atoms with Crippen molar-refractivity contribution in [2.45, 2.75) is 33.0 Å². The maximum absolute atomic E-state index is 11.0. The van der Waals surface area contributed by atoms with E-state index in [-0.39, 0.29) is 18.8 Å². The quantitative estimate of drug-likeness (QED) is 0.406. The second-order valence-electron chi connectivity index (χ2n) is 6.90. The van der Waals surface area contributed by atoms with E-state index in [1.807, 2.05) is 68.6 Å². The molecule has 5 nitrogen and oxygen atoms in total. The molecular formula is C24H25Cl2NO4. The van der Waals surface area contributed by atoms with Gasteiger partial charge in [0.1, 0.15) is 12.4 Å². The predicted octanol–water partition coefficient (Wildman–Crippen LogP) is 6.26. The fourth-order valence-corrected chi connectivity index (χ4v) is 3.41. The molecule has 31 heavy (non-hydrogen) atoms. The summed E-state index contributed by atoms with van der Waals surface area (Å²) in [5.74, 6) is -0.199. The van der Waals surface area contributed by atoms with Gasteiger partial charge < -0.3 is 14.6 Å². The Morgan fingerprint density at radius 2 is 1.87 bits per heavy atom. The van der Waals surface area contributed by atoms with Crippen molar-refractivity contribution in [3.05, 3.63) is 82.6 Å². The standard InChI is InChI=1S/C24H24ClNO4.ClH/c1-3-29-23(13-24(27)28)18-5-7-19(8-6-18)30-15-17-4-9-22(25)20(12-17)21-14-26-11-10-16(21)2;/h4-12,14,23H,3,13,15H2,1-2H3,(H,27,28);1H/t23-;/m0./s1. The number of aryl methyl sites for hydroxylation is 1. The van der Waals surface area contributed by atoms with Gasteiger partial charge in [0.15, 0.2) is 0 Å². The zero-order valence-electron chi connectivity index (χ0n) is 17.4. The minimum atomic E-state index is -0.892. The van der Waals surface area contributed by atoms with Crippen LogP contribution in [0.15, 0.2) is 60.9 Å². The molecule has 0 saturated carbocycles. The Balaban J connectivity index is 0.00000341. The minimum absolute atomic E-state index is 0. The number of carboxylic acid groups (broad SMARTS) is 1. The normalized spacial score (nSPS) is 11.5. The van der Waals surface area contributed by atoms with Gasteiger partial charge in [0.2, 0.25) is 0 Å². The lowest BCUT2D eigenvalue weighted by Gasteiger charge is -2.16. The minimum Gasteiger partial charge on any atom is -0.489 e. The lowest BCUT2D eigenvalue weighted by molar-refractivity contribution is -0.140. The lowest BCUT2D eigenvalue weighted by Crippen LogP contribution is -2.10. The molecular weight excluding hydrogens is 437 g/mol. The van der Waals surface area contributed by atoms with Crippen molar-refractivity contribution in [3.8, 4) is 16.9 Å². The summed E-state index contributed by atoms with van der Waals surface area (Å²) in [6, 6.07) is 15.1. The Kier molecular flexibility index (Phi) is 9.31. The van der Waals surface area contributed by atoms with E-state index in [0.29, 0.717) is 24.0 Å². The molecule has 0 radical (unpaired) electrons. The number of nitrogens with zero attached hydrogens (tertiary/aromatic N) is 1. The first-order valence-corrected chi connectivity index (χ1v) is 10.1. The Labute approximate surface area is 193 Å². The molecule has 164 valence electrons. The van der Waals surface area contributed by atoms with E-state index in [2.05, 4.69) is 4.98 Å². The topological polar surface area (TPSA) is 68.7 Å². The van der Waals surface area contributed by atoms with Crippen LogP contribution in [0.4, 0.5) is 0 Å². The molecule has 1 N–H and O–H groups in total. The summed E-state index contributed by atoms with van der Waals surface area (Å²) in [5, 5.41) is 9.73. The summed E-state index contributed by atoms with van der Waals surface area (Å²) in [6.07, 6.45) is 3.03. The van der Waals surface area contributed by atoms with E-state index in [1.165, 1.54) is 0 Å². The molecule has 7 heteroatoms. The van der Waals surface area contributed by atoms with Crippen molar-refractivity contribution in [2.75, 3.05) is 6.61 Å². The average molecular weight is 462 g/mol. The third-order valence-electron chi connectivity index (χ3n) is 4.75. The number of pyridine rings is 1. The molecule has 0 aliphatic heterocycles. The smallest absolute Gasteiger partial charge is 0.306 e. The van der Waals surface area contributed by atoms with Crippen molar-refractivity contribution < 1.29 is 19.4 Å². The monoisotopic (exact) mass is 461 g/mol. The molecule has 1 heterocycles. The number of hydrogen-bond acceptors (Lipinski definition) is 4. The molecule has 0 amide bonds. The number of ether oxygens (including phenoxy) is 2. The van der Waals surface area contributed by atoms with Crippen LogP contribution in [-0.2, 0) is 16.1 Å². The van der Waals surface area contributed by atoms with E-state index in [0.717, 1.165) is 27.8 Å². The second-order valence-corrected chi connectivity index (χ2v) is 7.31. The number of aromatic nitrogens is 1. The number of halogens is 2. The van der Waals surface area contributed by atoms with Gasteiger partial charge in [0, 0.05) is 35.2 Å². The molecule has 0 unspecified atom stereocenters. The van der Waals surface area contributed by atoms with E-state index >= 15 is 0 Å². The Morgan fingerprint density at radius 3 is 2.52 bits per heavy atom. The third-order valence-corrected chi connectivity index (χ3v) is 5.07. The summed E-state index contributed by atoms with van der Waals surface area (Å²) in [4.78, 5) is 15.2. The van der Waals surface area contributed by atoms with E-state index < -0.39 is 12.1 Å². The summed E-state index contributed by atoms with van der Waals surface area (Å²) in [7, 11) is 0. The summed E-state index contributed by atoms with van der Waals surface area (Å²) < 4.78 is 11.5. The van der Waals surface area contributed by atoms with Crippen LogP contribution in [0.5, 0.6) is 5.75 Å². The van der Waals surface area contributed by atoms with Gasteiger partial charge >= 0.3 is 5.97 Å². The zero-order valence-corrected chi connectivity index (χ0v) is 18.9. The molecule has 0 bridgehead atoms. The highest BCUT2D eigenvalue weighted by Gasteiger charge is 2.16. The zero-order chi connectivity index (χ0) is 21.5. The summed E-state index contributed by atoms with van der Waals surface area (Å²) in [5.41, 5.74) is 4.82. The number of benzene rings is 2. The predicted molar refractivity (Wildman–Crippen MR) is 124 cm³/mol. The van der Waals surface area contributed by atoms with Crippen LogP contribution in [0.2, 0.25) is 5.02 Å². The molecule has 0 aliphatic rings. The van der Waals surface area contributed by atoms with Gasteiger partial charge in [-0.15, -0.1) is 12.4 Å². The van der Waals surface area contributed by atoms with Crippen LogP contribution < -0.4 is 4.74 Å². The van der Waals surface area contributed by atoms with Crippen LogP contribution in [0.25, 0.3) is 11.1 Å². The van der Waals surface area contributed by atoms with Gasteiger partial charge in [-0.1, -0.05) is 29.8 Å². The van der Waals surface area contributed by atoms with Crippen molar-refractivity contribution in [2.24, 2.45) is 0 Å². The van der Waals surface area contributed by atoms with Crippen LogP contribution in [-0.4, -0.2) is 22.7 Å². The van der Waals surface area contributed by atoms with Crippen molar-refractivity contribution in [1.29, 1.82) is 0 Å². The van der Waals surface area contributed by atoms with Gasteiger partial charge in [-0.2, -0.15) is 0 Å². The molecule has 0 aliphatic carbocycles. The molecule has 0 saturated heterocycles. The lowest BCUT2D eigenvalue weighted by atomic mass is 10.0. The second kappa shape index (κ2) is 11.7. The van der Waals surface area contributed by atoms with Crippen LogP contribution >= 0.6 is 24.0 Å². The van der Waals surface area contributed by atoms with Gasteiger partial charge in [-0.25, -0.2) is 0 Å². The molecule has 0 spiro atoms. The Bertz CT molecular complexity index is 1010. The van der Waals surface area contributed by atoms with E-state index in [9.17, 15) is 4.79 Å². The summed E-state index contributed by atoms with van der Waals surface area (Å²) in [6.45, 7) is 4.70. The number of rotatable bonds is 9. The maximum Gasteiger partial charge on any atom is 0.306 e. The van der Waals surface area contributed by atoms with Crippen molar-refractivity contribution >= 4 is 30.0 Å². The first-order chi connectivity index (χ1) is 14.5. The van der Waals surface area contributed by atoms with Crippen LogP contribution in [0.3, 0.4) is 0 Å². The number of carbonyl (C=O) groups is 1. The molecule has 1 atom stereocenters. The van der Waals surface area contributed by atoms with E-state index in [1.54, 1.807) is 6.20 Å². The van der Waals surface area contributed by atoms with Crippen molar-refractivity contribution in [1.82, 2.24) is 4.98 Å². The Hall–Kier alpha value is -2.60. The first-order valence-electron chi connectivity index (χ1n) is 9.73. The van der Waals surface area contributed by atoms with Gasteiger partial charge in [-0.3, -0.25) is 9.78 Å². The highest BCUT2D eigenvalue weighted by molar-refractivity contribution is 6.33. The SMILES string of the molecule is CCO[C@@H](CC(=O)O)c1ccc(OCc2ccc(Cl)c(-c3cnccc3C)c2)cc1.Cl. The molecule has 1 aromatic heterocycles. The molecule has 3 rings (SSSR count). The highest BCUT2D eigenvalue weighted by atomic mass is 35.5. The van der Waals surface area contributed by atoms with Gasteiger partial charge in [0.05, 0.1) is 12.5 Å². The van der Waals surface area contributed by atoms with Gasteiger partial charge in [-0.05, 0) is 60.9 Å². The first kappa shape index (κ1) is 24.7. The largest absolute Gasteiger partial charge is 0.489 e. The summed E-state index contributed by atoms with van der Waals surface area (Å²) >= 11 is 6.41. The van der Waals surface area contributed by atoms with Crippen molar-refractivity contribution in [3.63, 3.8) is 0 Å². The fraction of sp³-hybridized carbons (Fsp3) is 0.250. The number of hydrogen-bond donors (Lipinski definition) is 1. The third kappa shape index (κ3) is 6.69.